The predicted octanol–water partition coefficient (Wildman–Crippen LogP) is 3.13. The number of hydrogen-bond donors (Lipinski definition) is 1. The van der Waals surface area contributed by atoms with Gasteiger partial charge in [-0.3, -0.25) is 9.59 Å². The third kappa shape index (κ3) is 4.40. The zero-order valence-electron chi connectivity index (χ0n) is 10.7. The lowest BCUT2D eigenvalue weighted by Gasteiger charge is -2.18. The van der Waals surface area contributed by atoms with Gasteiger partial charge >= 0.3 is 11.8 Å². The molecule has 6 heteroatoms. The molecule has 0 unspecified atom stereocenters. The monoisotopic (exact) mass is 312 g/mol. The van der Waals surface area contributed by atoms with Crippen molar-refractivity contribution in [3.05, 3.63) is 53.6 Å². The van der Waals surface area contributed by atoms with E-state index in [0.29, 0.717) is 10.0 Å². The van der Waals surface area contributed by atoms with Crippen LogP contribution in [-0.4, -0.2) is 29.8 Å². The highest BCUT2D eigenvalue weighted by Gasteiger charge is 2.20. The molecular formula is C14H14Cl2N2O2. The lowest BCUT2D eigenvalue weighted by atomic mass is 10.3. The second kappa shape index (κ2) is 7.72. The minimum atomic E-state index is -0.794. The van der Waals surface area contributed by atoms with Crippen molar-refractivity contribution < 1.29 is 9.59 Å². The van der Waals surface area contributed by atoms with Crippen molar-refractivity contribution >= 4 is 40.7 Å². The van der Waals surface area contributed by atoms with Gasteiger partial charge in [0.25, 0.3) is 0 Å². The molecule has 0 aliphatic carbocycles. The van der Waals surface area contributed by atoms with E-state index in [2.05, 4.69) is 18.5 Å². The SMILES string of the molecule is C=CCN(CC=C)C(=O)C(=O)Nc1cc(Cl)ccc1Cl. The molecule has 0 heterocycles. The van der Waals surface area contributed by atoms with Crippen LogP contribution in [0.4, 0.5) is 5.69 Å². The molecule has 1 aromatic carbocycles. The maximum atomic E-state index is 12.0. The summed E-state index contributed by atoms with van der Waals surface area (Å²) in [6.45, 7) is 7.57. The second-order valence-electron chi connectivity index (χ2n) is 3.87. The summed E-state index contributed by atoms with van der Waals surface area (Å²) in [4.78, 5) is 25.2. The Morgan fingerprint density at radius 3 is 2.35 bits per heavy atom. The van der Waals surface area contributed by atoms with Crippen LogP contribution in [0.3, 0.4) is 0 Å². The lowest BCUT2D eigenvalue weighted by Crippen LogP contribution is -2.39. The van der Waals surface area contributed by atoms with Crippen molar-refractivity contribution in [3.8, 4) is 0 Å². The van der Waals surface area contributed by atoms with Gasteiger partial charge in [-0.1, -0.05) is 35.4 Å². The molecule has 0 bridgehead atoms. The van der Waals surface area contributed by atoms with Crippen LogP contribution in [0.2, 0.25) is 10.0 Å². The summed E-state index contributed by atoms with van der Waals surface area (Å²) in [5.41, 5.74) is 0.287. The highest BCUT2D eigenvalue weighted by atomic mass is 35.5. The van der Waals surface area contributed by atoms with Crippen LogP contribution < -0.4 is 5.32 Å². The summed E-state index contributed by atoms with van der Waals surface area (Å²) in [7, 11) is 0. The first-order valence-corrected chi connectivity index (χ1v) is 6.52. The van der Waals surface area contributed by atoms with E-state index in [0.717, 1.165) is 0 Å². The summed E-state index contributed by atoms with van der Waals surface area (Å²) in [6.07, 6.45) is 3.06. The van der Waals surface area contributed by atoms with Gasteiger partial charge in [0.2, 0.25) is 0 Å². The van der Waals surface area contributed by atoms with Crippen molar-refractivity contribution in [1.29, 1.82) is 0 Å². The van der Waals surface area contributed by atoms with Gasteiger partial charge < -0.3 is 10.2 Å². The number of nitrogens with zero attached hydrogens (tertiary/aromatic N) is 1. The molecule has 0 aliphatic heterocycles. The van der Waals surface area contributed by atoms with Gasteiger partial charge in [0.1, 0.15) is 0 Å². The standard InChI is InChI=1S/C14H14Cl2N2O2/c1-3-7-18(8-4-2)14(20)13(19)17-12-9-10(15)5-6-11(12)16/h3-6,9H,1-2,7-8H2,(H,17,19). The van der Waals surface area contributed by atoms with E-state index < -0.39 is 11.8 Å². The number of halogens is 2. The molecule has 1 N–H and O–H groups in total. The van der Waals surface area contributed by atoms with Crippen molar-refractivity contribution in [2.24, 2.45) is 0 Å². The molecule has 4 nitrogen and oxygen atoms in total. The summed E-state index contributed by atoms with van der Waals surface area (Å²) in [5.74, 6) is -1.49. The van der Waals surface area contributed by atoms with Crippen LogP contribution in [0.5, 0.6) is 0 Å². The molecule has 20 heavy (non-hydrogen) atoms. The number of hydrogen-bond acceptors (Lipinski definition) is 2. The van der Waals surface area contributed by atoms with E-state index >= 15 is 0 Å². The molecule has 0 spiro atoms. The minimum absolute atomic E-state index is 0.252. The van der Waals surface area contributed by atoms with Crippen molar-refractivity contribution in [2.75, 3.05) is 18.4 Å². The third-order valence-corrected chi connectivity index (χ3v) is 2.92. The Morgan fingerprint density at radius 2 is 1.80 bits per heavy atom. The lowest BCUT2D eigenvalue weighted by molar-refractivity contribution is -0.142. The quantitative estimate of drug-likeness (QED) is 0.671. The van der Waals surface area contributed by atoms with Gasteiger partial charge in [-0.05, 0) is 18.2 Å². The maximum Gasteiger partial charge on any atom is 0.313 e. The van der Waals surface area contributed by atoms with Crippen LogP contribution in [0.15, 0.2) is 43.5 Å². The fourth-order valence-electron chi connectivity index (χ4n) is 1.46. The van der Waals surface area contributed by atoms with E-state index in [1.165, 1.54) is 29.2 Å². The molecule has 0 saturated carbocycles. The van der Waals surface area contributed by atoms with Crippen LogP contribution in [0.25, 0.3) is 0 Å². The first kappa shape index (κ1) is 16.3. The number of benzene rings is 1. The molecule has 0 saturated heterocycles. The Kier molecular flexibility index (Phi) is 6.28. The zero-order valence-corrected chi connectivity index (χ0v) is 12.2. The molecule has 2 amide bonds. The Hall–Kier alpha value is -1.78. The molecule has 0 aromatic heterocycles. The Balaban J connectivity index is 2.83. The number of carbonyl (C=O) groups is 2. The normalized spacial score (nSPS) is 9.70. The topological polar surface area (TPSA) is 49.4 Å². The van der Waals surface area contributed by atoms with E-state index in [-0.39, 0.29) is 18.8 Å². The summed E-state index contributed by atoms with van der Waals surface area (Å²) >= 11 is 11.7. The van der Waals surface area contributed by atoms with Crippen LogP contribution in [0.1, 0.15) is 0 Å². The zero-order chi connectivity index (χ0) is 15.1. The largest absolute Gasteiger partial charge is 0.327 e. The van der Waals surface area contributed by atoms with Crippen molar-refractivity contribution in [1.82, 2.24) is 4.90 Å². The van der Waals surface area contributed by atoms with Gasteiger partial charge in [-0.2, -0.15) is 0 Å². The van der Waals surface area contributed by atoms with E-state index in [9.17, 15) is 9.59 Å². The maximum absolute atomic E-state index is 12.0. The highest BCUT2D eigenvalue weighted by Crippen LogP contribution is 2.25. The van der Waals surface area contributed by atoms with E-state index in [1.807, 2.05) is 0 Å². The average molecular weight is 313 g/mol. The van der Waals surface area contributed by atoms with Crippen LogP contribution in [0, 0.1) is 0 Å². The fourth-order valence-corrected chi connectivity index (χ4v) is 1.80. The first-order valence-electron chi connectivity index (χ1n) is 5.76. The van der Waals surface area contributed by atoms with E-state index in [4.69, 9.17) is 23.2 Å². The van der Waals surface area contributed by atoms with Crippen LogP contribution >= 0.6 is 23.2 Å². The summed E-state index contributed by atoms with van der Waals surface area (Å²) in [5, 5.41) is 3.14. The minimum Gasteiger partial charge on any atom is -0.327 e. The van der Waals surface area contributed by atoms with Gasteiger partial charge in [-0.15, -0.1) is 13.2 Å². The summed E-state index contributed by atoms with van der Waals surface area (Å²) in [6, 6.07) is 4.60. The highest BCUT2D eigenvalue weighted by molar-refractivity contribution is 6.42. The Morgan fingerprint density at radius 1 is 1.20 bits per heavy atom. The van der Waals surface area contributed by atoms with Crippen LogP contribution in [-0.2, 0) is 9.59 Å². The smallest absolute Gasteiger partial charge is 0.313 e. The molecule has 1 rings (SSSR count). The van der Waals surface area contributed by atoms with Gasteiger partial charge in [0.05, 0.1) is 10.7 Å². The molecule has 106 valence electrons. The van der Waals surface area contributed by atoms with E-state index in [1.54, 1.807) is 6.07 Å². The molecule has 0 fully saturated rings. The number of rotatable bonds is 5. The predicted molar refractivity (Wildman–Crippen MR) is 82.1 cm³/mol. The third-order valence-electron chi connectivity index (χ3n) is 2.36. The number of carbonyl (C=O) groups excluding carboxylic acids is 2. The molecule has 0 radical (unpaired) electrons. The second-order valence-corrected chi connectivity index (χ2v) is 4.71. The fraction of sp³-hybridized carbons (Fsp3) is 0.143. The molecule has 0 atom stereocenters. The first-order chi connectivity index (χ1) is 9.49. The van der Waals surface area contributed by atoms with Crippen molar-refractivity contribution in [3.63, 3.8) is 0 Å². The Labute approximate surface area is 127 Å². The molecule has 1 aromatic rings. The Bertz CT molecular complexity index is 534. The molecular weight excluding hydrogens is 299 g/mol. The number of amides is 2. The number of nitrogens with one attached hydrogen (secondary N) is 1. The summed E-state index contributed by atoms with van der Waals surface area (Å²) < 4.78 is 0. The molecule has 0 aliphatic rings. The van der Waals surface area contributed by atoms with Gasteiger partial charge in [0, 0.05) is 18.1 Å². The van der Waals surface area contributed by atoms with Gasteiger partial charge in [-0.25, -0.2) is 0 Å². The van der Waals surface area contributed by atoms with Gasteiger partial charge in [0.15, 0.2) is 0 Å². The van der Waals surface area contributed by atoms with Crippen molar-refractivity contribution in [2.45, 2.75) is 0 Å². The number of anilines is 1. The average Bonchev–Trinajstić information content (AvgIpc) is 2.41.